The molecular weight excluding hydrogens is 240 g/mol. The third-order valence-corrected chi connectivity index (χ3v) is 1.76. The Bertz CT molecular complexity index is 379. The maximum Gasteiger partial charge on any atom is 0.374 e. The Hall–Kier alpha value is -1.54. The van der Waals surface area contributed by atoms with Crippen molar-refractivity contribution in [1.29, 1.82) is 0 Å². The number of nitrogens with zero attached hydrogens (tertiary/aromatic N) is 1. The monoisotopic (exact) mass is 251 g/mol. The van der Waals surface area contributed by atoms with Crippen LogP contribution < -0.4 is 0 Å². The van der Waals surface area contributed by atoms with Gasteiger partial charge in [0.05, 0.1) is 13.2 Å². The molecule has 96 valence electrons. The molecule has 0 atom stereocenters. The van der Waals surface area contributed by atoms with Crippen molar-refractivity contribution in [2.45, 2.75) is 13.0 Å². The van der Waals surface area contributed by atoms with Crippen molar-refractivity contribution in [2.75, 3.05) is 20.3 Å². The fourth-order valence-electron chi connectivity index (χ4n) is 1.04. The van der Waals surface area contributed by atoms with E-state index in [0.29, 0.717) is 6.61 Å². The molecule has 6 nitrogen and oxygen atoms in total. The fraction of sp³-hybridized carbons (Fsp3) is 0.556. The van der Waals surface area contributed by atoms with E-state index >= 15 is 0 Å². The minimum atomic E-state index is -3.00. The number of oxazole rings is 1. The third kappa shape index (κ3) is 3.75. The summed E-state index contributed by atoms with van der Waals surface area (Å²) in [7, 11) is 1.48. The minimum absolute atomic E-state index is 0.184. The van der Waals surface area contributed by atoms with Gasteiger partial charge in [-0.25, -0.2) is 18.6 Å². The summed E-state index contributed by atoms with van der Waals surface area (Å²) in [4.78, 5) is 14.0. The number of carbonyl (C=O) groups is 1. The Morgan fingerprint density at radius 1 is 1.53 bits per heavy atom. The molecular formula is C9H11F2NO5. The number of aromatic nitrogens is 1. The highest BCUT2D eigenvalue weighted by molar-refractivity contribution is 5.85. The first-order valence-corrected chi connectivity index (χ1v) is 4.64. The Morgan fingerprint density at radius 3 is 2.71 bits per heavy atom. The molecule has 0 aliphatic carbocycles. The predicted octanol–water partition coefficient (Wildman–Crippen LogP) is 1.47. The molecule has 0 bridgehead atoms. The first-order valence-electron chi connectivity index (χ1n) is 4.64. The van der Waals surface area contributed by atoms with E-state index in [1.807, 2.05) is 0 Å². The van der Waals surface area contributed by atoms with Crippen LogP contribution in [0.3, 0.4) is 0 Å². The summed E-state index contributed by atoms with van der Waals surface area (Å²) in [6, 6.07) is 0. The lowest BCUT2D eigenvalue weighted by atomic mass is 10.3. The van der Waals surface area contributed by atoms with Gasteiger partial charge in [-0.1, -0.05) is 0 Å². The molecule has 17 heavy (non-hydrogen) atoms. The summed E-state index contributed by atoms with van der Waals surface area (Å²) in [5, 5.41) is 8.61. The van der Waals surface area contributed by atoms with Gasteiger partial charge in [-0.05, 0) is 0 Å². The predicted molar refractivity (Wildman–Crippen MR) is 50.0 cm³/mol. The SMILES string of the molecule is COCCOCc1nc(C(F)F)c(C(=O)O)o1. The van der Waals surface area contributed by atoms with Gasteiger partial charge in [0.2, 0.25) is 11.7 Å². The van der Waals surface area contributed by atoms with Gasteiger partial charge in [0.15, 0.2) is 5.69 Å². The smallest absolute Gasteiger partial charge is 0.374 e. The summed E-state index contributed by atoms with van der Waals surface area (Å²) in [5.41, 5.74) is -0.886. The van der Waals surface area contributed by atoms with Gasteiger partial charge in [0.1, 0.15) is 6.61 Å². The Labute approximate surface area is 95.1 Å². The normalized spacial score (nSPS) is 11.1. The van der Waals surface area contributed by atoms with E-state index in [1.165, 1.54) is 7.11 Å². The van der Waals surface area contributed by atoms with E-state index in [0.717, 1.165) is 0 Å². The van der Waals surface area contributed by atoms with Crippen LogP contribution in [0.2, 0.25) is 0 Å². The highest BCUT2D eigenvalue weighted by Crippen LogP contribution is 2.23. The Morgan fingerprint density at radius 2 is 2.24 bits per heavy atom. The molecule has 0 unspecified atom stereocenters. The average Bonchev–Trinajstić information content (AvgIpc) is 2.69. The number of hydrogen-bond donors (Lipinski definition) is 1. The molecule has 1 aromatic rings. The first-order chi connectivity index (χ1) is 8.06. The number of aromatic carboxylic acids is 1. The zero-order chi connectivity index (χ0) is 12.8. The lowest BCUT2D eigenvalue weighted by molar-refractivity contribution is 0.0494. The summed E-state index contributed by atoms with van der Waals surface area (Å²) in [6.07, 6.45) is -3.00. The van der Waals surface area contributed by atoms with Gasteiger partial charge in [-0.3, -0.25) is 0 Å². The Balaban J connectivity index is 2.68. The average molecular weight is 251 g/mol. The number of carboxylic acids is 1. The Kier molecular flexibility index (Phi) is 4.98. The van der Waals surface area contributed by atoms with E-state index in [2.05, 4.69) is 9.40 Å². The van der Waals surface area contributed by atoms with Crippen LogP contribution in [-0.2, 0) is 16.1 Å². The number of carboxylic acid groups (broad SMARTS) is 1. The van der Waals surface area contributed by atoms with Crippen molar-refractivity contribution in [3.63, 3.8) is 0 Å². The molecule has 8 heteroatoms. The van der Waals surface area contributed by atoms with Crippen molar-refractivity contribution in [3.05, 3.63) is 17.3 Å². The van der Waals surface area contributed by atoms with Crippen LogP contribution in [0, 0.1) is 0 Å². The second kappa shape index (κ2) is 6.26. The van der Waals surface area contributed by atoms with Crippen molar-refractivity contribution in [1.82, 2.24) is 4.98 Å². The van der Waals surface area contributed by atoms with Crippen LogP contribution in [0.4, 0.5) is 8.78 Å². The van der Waals surface area contributed by atoms with Crippen molar-refractivity contribution >= 4 is 5.97 Å². The summed E-state index contributed by atoms with van der Waals surface area (Å²) < 4.78 is 39.1. The minimum Gasteiger partial charge on any atom is -0.475 e. The maximum absolute atomic E-state index is 12.4. The highest BCUT2D eigenvalue weighted by Gasteiger charge is 2.26. The first kappa shape index (κ1) is 13.5. The van der Waals surface area contributed by atoms with Crippen molar-refractivity contribution < 1.29 is 32.6 Å². The number of halogens is 2. The van der Waals surface area contributed by atoms with Crippen LogP contribution in [-0.4, -0.2) is 36.4 Å². The van der Waals surface area contributed by atoms with Gasteiger partial charge in [0, 0.05) is 7.11 Å². The highest BCUT2D eigenvalue weighted by atomic mass is 19.3. The number of ether oxygens (including phenoxy) is 2. The molecule has 1 aromatic heterocycles. The van der Waals surface area contributed by atoms with Crippen LogP contribution in [0.15, 0.2) is 4.42 Å². The van der Waals surface area contributed by atoms with E-state index in [9.17, 15) is 13.6 Å². The molecule has 1 N–H and O–H groups in total. The van der Waals surface area contributed by atoms with Crippen LogP contribution in [0.25, 0.3) is 0 Å². The number of alkyl halides is 2. The summed E-state index contributed by atoms with van der Waals surface area (Å²) in [5.74, 6) is -2.64. The lowest BCUT2D eigenvalue weighted by Gasteiger charge is -1.98. The molecule has 1 rings (SSSR count). The fourth-order valence-corrected chi connectivity index (χ4v) is 1.04. The lowest BCUT2D eigenvalue weighted by Crippen LogP contribution is -2.02. The number of hydrogen-bond acceptors (Lipinski definition) is 5. The molecule has 0 aromatic carbocycles. The second-order valence-electron chi connectivity index (χ2n) is 2.97. The van der Waals surface area contributed by atoms with Gasteiger partial charge in [-0.2, -0.15) is 0 Å². The van der Waals surface area contributed by atoms with E-state index in [-0.39, 0.29) is 19.1 Å². The molecule has 0 aliphatic rings. The zero-order valence-electron chi connectivity index (χ0n) is 8.98. The van der Waals surface area contributed by atoms with E-state index in [4.69, 9.17) is 14.6 Å². The van der Waals surface area contributed by atoms with Gasteiger partial charge >= 0.3 is 5.97 Å². The second-order valence-corrected chi connectivity index (χ2v) is 2.97. The molecule has 0 saturated carbocycles. The summed E-state index contributed by atoms with van der Waals surface area (Å²) >= 11 is 0. The zero-order valence-corrected chi connectivity index (χ0v) is 8.98. The molecule has 0 spiro atoms. The van der Waals surface area contributed by atoms with Crippen LogP contribution in [0.5, 0.6) is 0 Å². The number of methoxy groups -OCH3 is 1. The number of rotatable bonds is 7. The maximum atomic E-state index is 12.4. The van der Waals surface area contributed by atoms with Gasteiger partial charge < -0.3 is 19.0 Å². The molecule has 0 aliphatic heterocycles. The molecule has 0 radical (unpaired) electrons. The molecule has 0 saturated heterocycles. The molecule has 1 heterocycles. The van der Waals surface area contributed by atoms with Crippen LogP contribution in [0.1, 0.15) is 28.6 Å². The topological polar surface area (TPSA) is 81.8 Å². The third-order valence-electron chi connectivity index (χ3n) is 1.76. The molecule has 0 fully saturated rings. The largest absolute Gasteiger partial charge is 0.475 e. The van der Waals surface area contributed by atoms with E-state index in [1.54, 1.807) is 0 Å². The quantitative estimate of drug-likeness (QED) is 0.739. The summed E-state index contributed by atoms with van der Waals surface area (Å²) in [6.45, 7) is 0.371. The standard InChI is InChI=1S/C9H11F2NO5/c1-15-2-3-16-4-5-12-6(8(10)11)7(17-5)9(13)14/h8H,2-4H2,1H3,(H,13,14). The molecule has 0 amide bonds. The van der Waals surface area contributed by atoms with Gasteiger partial charge in [0.25, 0.3) is 6.43 Å². The van der Waals surface area contributed by atoms with Crippen molar-refractivity contribution in [3.8, 4) is 0 Å². The van der Waals surface area contributed by atoms with Gasteiger partial charge in [-0.15, -0.1) is 0 Å². The van der Waals surface area contributed by atoms with E-state index < -0.39 is 23.8 Å². The van der Waals surface area contributed by atoms with Crippen LogP contribution >= 0.6 is 0 Å². The van der Waals surface area contributed by atoms with Crippen molar-refractivity contribution in [2.24, 2.45) is 0 Å².